The maximum absolute atomic E-state index is 14.9. The summed E-state index contributed by atoms with van der Waals surface area (Å²) in [6.45, 7) is 0.935. The van der Waals surface area contributed by atoms with Gasteiger partial charge in [0.1, 0.15) is 18.2 Å². The Hall–Kier alpha value is -2.80. The van der Waals surface area contributed by atoms with E-state index in [1.54, 1.807) is 28.8 Å². The summed E-state index contributed by atoms with van der Waals surface area (Å²) in [5.41, 5.74) is 3.63. The standard InChI is InChI=1S/C24H21Cl2FN4O/c1-31-21-11-19(27)15(12-28-16-9-14-5-2-3-8-22(14)32-13-16)10-20(21)29-24(31)30-23-17(25)6-4-7-18(23)26/h2-8,10-11,16,28H,9,12-13H2,1H3,(H,29,30). The first-order chi connectivity index (χ1) is 15.5. The lowest BCUT2D eigenvalue weighted by molar-refractivity contribution is 0.237. The van der Waals surface area contributed by atoms with Gasteiger partial charge in [-0.2, -0.15) is 0 Å². The number of aromatic nitrogens is 2. The Bertz CT molecular complexity index is 1290. The van der Waals surface area contributed by atoms with E-state index in [9.17, 15) is 4.39 Å². The highest BCUT2D eigenvalue weighted by molar-refractivity contribution is 6.39. The van der Waals surface area contributed by atoms with Gasteiger partial charge in [0.2, 0.25) is 5.95 Å². The van der Waals surface area contributed by atoms with Crippen LogP contribution < -0.4 is 15.4 Å². The van der Waals surface area contributed by atoms with Crippen LogP contribution in [0.2, 0.25) is 10.0 Å². The van der Waals surface area contributed by atoms with Crippen LogP contribution in [0.25, 0.3) is 11.0 Å². The number of anilines is 2. The third-order valence-corrected chi connectivity index (χ3v) is 6.34. The molecule has 0 spiro atoms. The molecule has 0 saturated carbocycles. The molecule has 1 atom stereocenters. The van der Waals surface area contributed by atoms with E-state index in [0.717, 1.165) is 17.7 Å². The minimum Gasteiger partial charge on any atom is -0.492 e. The van der Waals surface area contributed by atoms with Crippen molar-refractivity contribution in [1.29, 1.82) is 0 Å². The van der Waals surface area contributed by atoms with Gasteiger partial charge in [-0.3, -0.25) is 0 Å². The zero-order valence-corrected chi connectivity index (χ0v) is 18.8. The molecule has 0 bridgehead atoms. The number of ether oxygens (including phenoxy) is 1. The molecule has 8 heteroatoms. The number of benzene rings is 3. The van der Waals surface area contributed by atoms with Gasteiger partial charge in [-0.15, -0.1) is 0 Å². The maximum atomic E-state index is 14.9. The molecule has 0 fully saturated rings. The van der Waals surface area contributed by atoms with Gasteiger partial charge in [0.05, 0.1) is 26.8 Å². The normalized spacial score (nSPS) is 15.4. The highest BCUT2D eigenvalue weighted by Gasteiger charge is 2.20. The maximum Gasteiger partial charge on any atom is 0.208 e. The van der Waals surface area contributed by atoms with Crippen molar-refractivity contribution < 1.29 is 9.13 Å². The largest absolute Gasteiger partial charge is 0.492 e. The van der Waals surface area contributed by atoms with E-state index in [0.29, 0.717) is 51.4 Å². The summed E-state index contributed by atoms with van der Waals surface area (Å²) in [7, 11) is 1.82. The minimum atomic E-state index is -0.285. The van der Waals surface area contributed by atoms with Gasteiger partial charge in [-0.1, -0.05) is 47.5 Å². The molecular formula is C24H21Cl2FN4O. The van der Waals surface area contributed by atoms with Crippen LogP contribution in [0.5, 0.6) is 5.75 Å². The summed E-state index contributed by atoms with van der Waals surface area (Å²) in [6.07, 6.45) is 0.844. The number of imidazole rings is 1. The first-order valence-corrected chi connectivity index (χ1v) is 11.0. The van der Waals surface area contributed by atoms with Crippen LogP contribution in [0.1, 0.15) is 11.1 Å². The Labute approximate surface area is 195 Å². The Balaban J connectivity index is 1.36. The fourth-order valence-electron chi connectivity index (χ4n) is 3.95. The first kappa shape index (κ1) is 21.1. The van der Waals surface area contributed by atoms with Crippen molar-refractivity contribution in [3.05, 3.63) is 81.6 Å². The van der Waals surface area contributed by atoms with Crippen LogP contribution in [-0.4, -0.2) is 22.2 Å². The summed E-state index contributed by atoms with van der Waals surface area (Å²) in [5, 5.41) is 7.54. The number of rotatable bonds is 5. The second-order valence-electron chi connectivity index (χ2n) is 7.85. The van der Waals surface area contributed by atoms with Crippen LogP contribution in [0, 0.1) is 5.82 Å². The zero-order valence-electron chi connectivity index (χ0n) is 17.3. The zero-order chi connectivity index (χ0) is 22.2. The lowest BCUT2D eigenvalue weighted by Crippen LogP contribution is -2.39. The molecule has 0 saturated heterocycles. The third kappa shape index (κ3) is 4.01. The molecule has 164 valence electrons. The van der Waals surface area contributed by atoms with E-state index in [-0.39, 0.29) is 11.9 Å². The number of aryl methyl sites for hydroxylation is 1. The lowest BCUT2D eigenvalue weighted by atomic mass is 10.0. The van der Waals surface area contributed by atoms with Gasteiger partial charge in [0.25, 0.3) is 0 Å². The Morgan fingerprint density at radius 1 is 1.12 bits per heavy atom. The lowest BCUT2D eigenvalue weighted by Gasteiger charge is -2.26. The highest BCUT2D eigenvalue weighted by Crippen LogP contribution is 2.33. The first-order valence-electron chi connectivity index (χ1n) is 10.3. The van der Waals surface area contributed by atoms with E-state index in [4.69, 9.17) is 27.9 Å². The van der Waals surface area contributed by atoms with E-state index in [2.05, 4.69) is 21.7 Å². The Morgan fingerprint density at radius 2 is 1.91 bits per heavy atom. The van der Waals surface area contributed by atoms with Crippen molar-refractivity contribution in [2.45, 2.75) is 19.0 Å². The van der Waals surface area contributed by atoms with Crippen molar-refractivity contribution in [3.63, 3.8) is 0 Å². The number of halogens is 3. The molecule has 5 rings (SSSR count). The van der Waals surface area contributed by atoms with Crippen LogP contribution in [0.4, 0.5) is 16.0 Å². The summed E-state index contributed by atoms with van der Waals surface area (Å²) in [5.74, 6) is 1.16. The Morgan fingerprint density at radius 3 is 2.72 bits per heavy atom. The molecule has 32 heavy (non-hydrogen) atoms. The second kappa shape index (κ2) is 8.62. The van der Waals surface area contributed by atoms with E-state index in [1.807, 2.05) is 25.2 Å². The SMILES string of the molecule is Cn1c(Nc2c(Cl)cccc2Cl)nc2cc(CNC3COc4ccccc4C3)c(F)cc21. The number of para-hydroxylation sites is 2. The molecule has 2 heterocycles. The number of hydrogen-bond donors (Lipinski definition) is 2. The van der Waals surface area contributed by atoms with Gasteiger partial charge in [-0.25, -0.2) is 9.37 Å². The quantitative estimate of drug-likeness (QED) is 0.383. The summed E-state index contributed by atoms with van der Waals surface area (Å²) in [6, 6.07) is 16.7. The van der Waals surface area contributed by atoms with Gasteiger partial charge in [0.15, 0.2) is 0 Å². The molecular weight excluding hydrogens is 450 g/mol. The second-order valence-corrected chi connectivity index (χ2v) is 8.66. The summed E-state index contributed by atoms with van der Waals surface area (Å²) in [4.78, 5) is 4.63. The number of nitrogens with one attached hydrogen (secondary N) is 2. The monoisotopic (exact) mass is 470 g/mol. The van der Waals surface area contributed by atoms with Crippen LogP contribution >= 0.6 is 23.2 Å². The fraction of sp³-hybridized carbons (Fsp3) is 0.208. The van der Waals surface area contributed by atoms with Crippen molar-refractivity contribution >= 4 is 45.9 Å². The number of hydrogen-bond acceptors (Lipinski definition) is 4. The molecule has 0 aliphatic carbocycles. The van der Waals surface area contributed by atoms with Crippen LogP contribution in [-0.2, 0) is 20.0 Å². The van der Waals surface area contributed by atoms with E-state index >= 15 is 0 Å². The third-order valence-electron chi connectivity index (χ3n) is 5.71. The fourth-order valence-corrected chi connectivity index (χ4v) is 4.44. The molecule has 0 amide bonds. The van der Waals surface area contributed by atoms with Crippen molar-refractivity contribution in [2.24, 2.45) is 7.05 Å². The molecule has 1 unspecified atom stereocenters. The highest BCUT2D eigenvalue weighted by atomic mass is 35.5. The predicted molar refractivity (Wildman–Crippen MR) is 127 cm³/mol. The molecule has 4 aromatic rings. The van der Waals surface area contributed by atoms with Gasteiger partial charge >= 0.3 is 0 Å². The predicted octanol–water partition coefficient (Wildman–Crippen LogP) is 5.86. The summed E-state index contributed by atoms with van der Waals surface area (Å²) < 4.78 is 22.5. The average molecular weight is 471 g/mol. The molecule has 1 aliphatic rings. The van der Waals surface area contributed by atoms with Crippen molar-refractivity contribution in [1.82, 2.24) is 14.9 Å². The minimum absolute atomic E-state index is 0.114. The van der Waals surface area contributed by atoms with E-state index < -0.39 is 0 Å². The number of fused-ring (bicyclic) bond motifs is 2. The topological polar surface area (TPSA) is 51.1 Å². The summed E-state index contributed by atoms with van der Waals surface area (Å²) >= 11 is 12.5. The van der Waals surface area contributed by atoms with Crippen molar-refractivity contribution in [2.75, 3.05) is 11.9 Å². The van der Waals surface area contributed by atoms with Gasteiger partial charge in [0, 0.05) is 31.3 Å². The molecule has 5 nitrogen and oxygen atoms in total. The molecule has 2 N–H and O–H groups in total. The number of nitrogens with zero attached hydrogens (tertiary/aromatic N) is 2. The van der Waals surface area contributed by atoms with Crippen LogP contribution in [0.15, 0.2) is 54.6 Å². The Kier molecular flexibility index (Phi) is 5.67. The van der Waals surface area contributed by atoms with E-state index in [1.165, 1.54) is 6.07 Å². The van der Waals surface area contributed by atoms with Crippen LogP contribution in [0.3, 0.4) is 0 Å². The van der Waals surface area contributed by atoms with Crippen molar-refractivity contribution in [3.8, 4) is 5.75 Å². The molecule has 1 aliphatic heterocycles. The van der Waals surface area contributed by atoms with Gasteiger partial charge < -0.3 is 19.9 Å². The molecule has 3 aromatic carbocycles. The molecule has 1 aromatic heterocycles. The smallest absolute Gasteiger partial charge is 0.208 e. The molecule has 0 radical (unpaired) electrons. The average Bonchev–Trinajstić information content (AvgIpc) is 3.09. The van der Waals surface area contributed by atoms with Gasteiger partial charge in [-0.05, 0) is 36.2 Å².